The Labute approximate surface area is 137 Å². The molecule has 1 aliphatic rings. The summed E-state index contributed by atoms with van der Waals surface area (Å²) in [6.45, 7) is 4.22. The second-order valence-electron chi connectivity index (χ2n) is 5.60. The standard InChI is InChI=1S/C17H26N2O2S/c1-4-21-12-5-11-19-16(20)10-13-22-17(19)14-6-8-15(9-7-14)18(2)3/h6-9,17H,4-5,10-13H2,1-3H3. The molecule has 1 heterocycles. The fraction of sp³-hybridized carbons (Fsp3) is 0.588. The number of amides is 1. The zero-order chi connectivity index (χ0) is 15.9. The number of benzene rings is 1. The van der Waals surface area contributed by atoms with Crippen LogP contribution in [0.15, 0.2) is 24.3 Å². The summed E-state index contributed by atoms with van der Waals surface area (Å²) < 4.78 is 5.39. The van der Waals surface area contributed by atoms with E-state index in [2.05, 4.69) is 29.2 Å². The van der Waals surface area contributed by atoms with Gasteiger partial charge in [0.2, 0.25) is 5.91 Å². The summed E-state index contributed by atoms with van der Waals surface area (Å²) in [6, 6.07) is 8.52. The predicted octanol–water partition coefficient (Wildman–Crippen LogP) is 3.14. The normalized spacial score (nSPS) is 18.6. The van der Waals surface area contributed by atoms with Gasteiger partial charge in [-0.1, -0.05) is 12.1 Å². The highest BCUT2D eigenvalue weighted by Gasteiger charge is 2.29. The zero-order valence-electron chi connectivity index (χ0n) is 13.7. The average Bonchev–Trinajstić information content (AvgIpc) is 2.53. The highest BCUT2D eigenvalue weighted by atomic mass is 32.2. The van der Waals surface area contributed by atoms with Crippen molar-refractivity contribution in [3.8, 4) is 0 Å². The van der Waals surface area contributed by atoms with Crippen molar-refractivity contribution in [2.45, 2.75) is 25.1 Å². The third-order valence-electron chi connectivity index (χ3n) is 3.78. The van der Waals surface area contributed by atoms with Crippen LogP contribution in [-0.4, -0.2) is 50.4 Å². The minimum absolute atomic E-state index is 0.138. The van der Waals surface area contributed by atoms with Gasteiger partial charge in [-0.25, -0.2) is 0 Å². The van der Waals surface area contributed by atoms with Crippen LogP contribution >= 0.6 is 11.8 Å². The summed E-state index contributed by atoms with van der Waals surface area (Å²) in [6.07, 6.45) is 1.54. The molecule has 1 unspecified atom stereocenters. The molecule has 122 valence electrons. The Morgan fingerprint density at radius 3 is 2.68 bits per heavy atom. The molecule has 5 heteroatoms. The smallest absolute Gasteiger partial charge is 0.224 e. The second-order valence-corrected chi connectivity index (χ2v) is 6.78. The first-order chi connectivity index (χ1) is 10.6. The van der Waals surface area contributed by atoms with Crippen LogP contribution in [0.5, 0.6) is 0 Å². The lowest BCUT2D eigenvalue weighted by Crippen LogP contribution is -2.38. The van der Waals surface area contributed by atoms with Gasteiger partial charge in [0, 0.05) is 51.7 Å². The van der Waals surface area contributed by atoms with Gasteiger partial charge in [-0.15, -0.1) is 11.8 Å². The number of hydrogen-bond acceptors (Lipinski definition) is 4. The van der Waals surface area contributed by atoms with Crippen LogP contribution in [0.25, 0.3) is 0 Å². The maximum atomic E-state index is 12.3. The van der Waals surface area contributed by atoms with Gasteiger partial charge in [0.05, 0.1) is 0 Å². The Bertz CT molecular complexity index is 476. The van der Waals surface area contributed by atoms with Crippen molar-refractivity contribution < 1.29 is 9.53 Å². The topological polar surface area (TPSA) is 32.8 Å². The quantitative estimate of drug-likeness (QED) is 0.722. The first-order valence-corrected chi connectivity index (χ1v) is 8.94. The number of rotatable bonds is 7. The van der Waals surface area contributed by atoms with Crippen molar-refractivity contribution in [3.05, 3.63) is 29.8 Å². The van der Waals surface area contributed by atoms with E-state index in [-0.39, 0.29) is 11.3 Å². The van der Waals surface area contributed by atoms with E-state index >= 15 is 0 Å². The van der Waals surface area contributed by atoms with Crippen LogP contribution in [0.3, 0.4) is 0 Å². The molecular weight excluding hydrogens is 296 g/mol. The molecule has 1 aliphatic heterocycles. The van der Waals surface area contributed by atoms with Crippen LogP contribution in [0.4, 0.5) is 5.69 Å². The Balaban J connectivity index is 2.06. The van der Waals surface area contributed by atoms with E-state index in [9.17, 15) is 4.79 Å². The van der Waals surface area contributed by atoms with Crippen LogP contribution in [0, 0.1) is 0 Å². The Kier molecular flexibility index (Phi) is 6.58. The molecular formula is C17H26N2O2S. The molecule has 0 radical (unpaired) electrons. The number of nitrogens with zero attached hydrogens (tertiary/aromatic N) is 2. The lowest BCUT2D eigenvalue weighted by molar-refractivity contribution is -0.132. The Morgan fingerprint density at radius 2 is 2.05 bits per heavy atom. The van der Waals surface area contributed by atoms with Gasteiger partial charge in [0.15, 0.2) is 0 Å². The van der Waals surface area contributed by atoms with E-state index < -0.39 is 0 Å². The van der Waals surface area contributed by atoms with Crippen LogP contribution in [-0.2, 0) is 9.53 Å². The molecule has 0 saturated carbocycles. The van der Waals surface area contributed by atoms with E-state index in [0.717, 1.165) is 31.9 Å². The molecule has 22 heavy (non-hydrogen) atoms. The number of anilines is 1. The van der Waals surface area contributed by atoms with Gasteiger partial charge in [-0.2, -0.15) is 0 Å². The summed E-state index contributed by atoms with van der Waals surface area (Å²) in [7, 11) is 4.07. The van der Waals surface area contributed by atoms with Gasteiger partial charge >= 0.3 is 0 Å². The zero-order valence-corrected chi connectivity index (χ0v) is 14.6. The Hall–Kier alpha value is -1.20. The van der Waals surface area contributed by atoms with E-state index in [1.54, 1.807) is 0 Å². The van der Waals surface area contributed by atoms with Crippen molar-refractivity contribution in [2.24, 2.45) is 0 Å². The molecule has 0 aliphatic carbocycles. The fourth-order valence-corrected chi connectivity index (χ4v) is 3.83. The summed E-state index contributed by atoms with van der Waals surface area (Å²) >= 11 is 1.86. The first kappa shape index (κ1) is 17.2. The van der Waals surface area contributed by atoms with E-state index in [1.165, 1.54) is 11.3 Å². The highest BCUT2D eigenvalue weighted by Crippen LogP contribution is 2.37. The number of carbonyl (C=O) groups excluding carboxylic acids is 1. The minimum atomic E-state index is 0.138. The van der Waals surface area contributed by atoms with Crippen LogP contribution in [0.1, 0.15) is 30.7 Å². The molecule has 4 nitrogen and oxygen atoms in total. The van der Waals surface area contributed by atoms with Crippen LogP contribution < -0.4 is 4.90 Å². The van der Waals surface area contributed by atoms with Crippen molar-refractivity contribution >= 4 is 23.4 Å². The average molecular weight is 322 g/mol. The highest BCUT2D eigenvalue weighted by molar-refractivity contribution is 7.99. The van der Waals surface area contributed by atoms with Gasteiger partial charge < -0.3 is 14.5 Å². The Morgan fingerprint density at radius 1 is 1.32 bits per heavy atom. The first-order valence-electron chi connectivity index (χ1n) is 7.89. The molecule has 1 saturated heterocycles. The van der Waals surface area contributed by atoms with Crippen molar-refractivity contribution in [2.75, 3.05) is 44.5 Å². The maximum Gasteiger partial charge on any atom is 0.224 e. The lowest BCUT2D eigenvalue weighted by Gasteiger charge is -2.35. The third kappa shape index (κ3) is 4.40. The van der Waals surface area contributed by atoms with Gasteiger partial charge in [-0.05, 0) is 31.0 Å². The second kappa shape index (κ2) is 8.44. The molecule has 1 aromatic rings. The van der Waals surface area contributed by atoms with Gasteiger partial charge in [-0.3, -0.25) is 4.79 Å². The molecule has 0 spiro atoms. The maximum absolute atomic E-state index is 12.3. The monoisotopic (exact) mass is 322 g/mol. The minimum Gasteiger partial charge on any atom is -0.382 e. The summed E-state index contributed by atoms with van der Waals surface area (Å²) in [5.74, 6) is 1.16. The summed E-state index contributed by atoms with van der Waals surface area (Å²) in [5.41, 5.74) is 2.39. The molecule has 2 rings (SSSR count). The SMILES string of the molecule is CCOCCCN1C(=O)CCSC1c1ccc(N(C)C)cc1. The molecule has 0 aromatic heterocycles. The predicted molar refractivity (Wildman–Crippen MR) is 93.4 cm³/mol. The summed E-state index contributed by atoms with van der Waals surface area (Å²) in [4.78, 5) is 16.4. The number of carbonyl (C=O) groups is 1. The van der Waals surface area contributed by atoms with Crippen molar-refractivity contribution in [3.63, 3.8) is 0 Å². The molecule has 1 aromatic carbocycles. The molecule has 1 atom stereocenters. The molecule has 0 bridgehead atoms. The van der Waals surface area contributed by atoms with Crippen LogP contribution in [0.2, 0.25) is 0 Å². The lowest BCUT2D eigenvalue weighted by atomic mass is 10.1. The van der Waals surface area contributed by atoms with Crippen molar-refractivity contribution in [1.29, 1.82) is 0 Å². The van der Waals surface area contributed by atoms with E-state index in [4.69, 9.17) is 4.74 Å². The number of ether oxygens (including phenoxy) is 1. The third-order valence-corrected chi connectivity index (χ3v) is 5.06. The molecule has 1 amide bonds. The largest absolute Gasteiger partial charge is 0.382 e. The molecule has 1 fully saturated rings. The number of hydrogen-bond donors (Lipinski definition) is 0. The number of thioether (sulfide) groups is 1. The van der Waals surface area contributed by atoms with E-state index in [0.29, 0.717) is 6.42 Å². The summed E-state index contributed by atoms with van der Waals surface area (Å²) in [5, 5.41) is 0.138. The molecule has 0 N–H and O–H groups in total. The van der Waals surface area contributed by atoms with E-state index in [1.807, 2.05) is 37.7 Å². The van der Waals surface area contributed by atoms with Crippen molar-refractivity contribution in [1.82, 2.24) is 4.90 Å². The van der Waals surface area contributed by atoms with Gasteiger partial charge in [0.25, 0.3) is 0 Å². The fourth-order valence-electron chi connectivity index (χ4n) is 2.56. The van der Waals surface area contributed by atoms with Gasteiger partial charge in [0.1, 0.15) is 5.37 Å².